The van der Waals surface area contributed by atoms with E-state index in [1.54, 1.807) is 4.90 Å². The summed E-state index contributed by atoms with van der Waals surface area (Å²) in [6.07, 6.45) is 2.84. The van der Waals surface area contributed by atoms with Gasteiger partial charge in [0.25, 0.3) is 0 Å². The van der Waals surface area contributed by atoms with Crippen molar-refractivity contribution >= 4 is 30.0 Å². The van der Waals surface area contributed by atoms with Gasteiger partial charge in [0.1, 0.15) is 6.10 Å². The minimum atomic E-state index is -0.361. The van der Waals surface area contributed by atoms with Gasteiger partial charge < -0.3 is 10.5 Å². The Morgan fingerprint density at radius 3 is 2.71 bits per heavy atom. The molecule has 2 aliphatic rings. The number of halogens is 1. The van der Waals surface area contributed by atoms with Gasteiger partial charge in [-0.2, -0.15) is 0 Å². The molecule has 0 bridgehead atoms. The summed E-state index contributed by atoms with van der Waals surface area (Å²) < 4.78 is 5.16. The summed E-state index contributed by atoms with van der Waals surface area (Å²) >= 11 is 0. The molecule has 1 aliphatic carbocycles. The molecule has 3 rings (SSSR count). The first-order valence-electron chi connectivity index (χ1n) is 7.03. The topological polar surface area (TPSA) is 72.6 Å². The number of carbonyl (C=O) groups excluding carboxylic acids is 2. The average molecular weight is 311 g/mol. The van der Waals surface area contributed by atoms with Crippen LogP contribution in [-0.2, 0) is 11.2 Å². The lowest BCUT2D eigenvalue weighted by molar-refractivity contribution is 0.0982. The second-order valence-corrected chi connectivity index (χ2v) is 5.32. The maximum absolute atomic E-state index is 12.0. The van der Waals surface area contributed by atoms with Gasteiger partial charge in [0.15, 0.2) is 5.78 Å². The highest BCUT2D eigenvalue weighted by atomic mass is 35.5. The number of fused-ring (bicyclic) bond motifs is 1. The molecule has 1 atom stereocenters. The molecule has 0 radical (unpaired) electrons. The Kier molecular flexibility index (Phi) is 4.85. The van der Waals surface area contributed by atoms with Crippen molar-refractivity contribution < 1.29 is 14.3 Å². The van der Waals surface area contributed by atoms with Gasteiger partial charge in [-0.3, -0.25) is 9.69 Å². The standard InChI is InChI=1S/C15H18N2O3.ClH/c16-8-12-9-17(15(19)20-12)11-5-6-13-10(7-11)3-1-2-4-14(13)18;/h5-7,12H,1-4,8-9,16H2;1H/t12-;/m0./s1. The number of ketones is 1. The second-order valence-electron chi connectivity index (χ2n) is 5.32. The summed E-state index contributed by atoms with van der Waals surface area (Å²) in [5.74, 6) is 0.202. The van der Waals surface area contributed by atoms with Crippen molar-refractivity contribution in [1.82, 2.24) is 0 Å². The summed E-state index contributed by atoms with van der Waals surface area (Å²) in [6.45, 7) is 0.799. The quantitative estimate of drug-likeness (QED) is 0.851. The van der Waals surface area contributed by atoms with Gasteiger partial charge in [-0.1, -0.05) is 0 Å². The van der Waals surface area contributed by atoms with Gasteiger partial charge in [0.05, 0.1) is 6.54 Å². The average Bonchev–Trinajstić information content (AvgIpc) is 2.74. The molecule has 1 saturated heterocycles. The van der Waals surface area contributed by atoms with Gasteiger partial charge in [0.2, 0.25) is 0 Å². The zero-order chi connectivity index (χ0) is 14.1. The van der Waals surface area contributed by atoms with Crippen LogP contribution < -0.4 is 10.6 Å². The van der Waals surface area contributed by atoms with Crippen LogP contribution in [0.4, 0.5) is 10.5 Å². The van der Waals surface area contributed by atoms with Crippen molar-refractivity contribution in [2.45, 2.75) is 31.8 Å². The molecular formula is C15H19ClN2O3. The van der Waals surface area contributed by atoms with E-state index in [1.807, 2.05) is 18.2 Å². The molecule has 0 unspecified atom stereocenters. The number of aryl methyl sites for hydroxylation is 1. The largest absolute Gasteiger partial charge is 0.443 e. The fourth-order valence-corrected chi connectivity index (χ4v) is 2.82. The summed E-state index contributed by atoms with van der Waals surface area (Å²) in [7, 11) is 0. The molecule has 1 aromatic carbocycles. The maximum atomic E-state index is 12.0. The van der Waals surface area contributed by atoms with E-state index in [4.69, 9.17) is 10.5 Å². The fourth-order valence-electron chi connectivity index (χ4n) is 2.82. The predicted molar refractivity (Wildman–Crippen MR) is 82.2 cm³/mol. The first-order valence-corrected chi connectivity index (χ1v) is 7.03. The van der Waals surface area contributed by atoms with Crippen LogP contribution in [0.3, 0.4) is 0 Å². The molecule has 21 heavy (non-hydrogen) atoms. The second kappa shape index (κ2) is 6.45. The van der Waals surface area contributed by atoms with Crippen LogP contribution in [0, 0.1) is 0 Å². The lowest BCUT2D eigenvalue weighted by Crippen LogP contribution is -2.27. The molecule has 1 heterocycles. The Balaban J connectivity index is 0.00000161. The molecule has 1 aromatic rings. The van der Waals surface area contributed by atoms with E-state index in [2.05, 4.69) is 0 Å². The van der Waals surface area contributed by atoms with Gasteiger partial charge in [-0.25, -0.2) is 4.79 Å². The number of amides is 1. The molecule has 2 N–H and O–H groups in total. The van der Waals surface area contributed by atoms with E-state index in [-0.39, 0.29) is 30.4 Å². The Hall–Kier alpha value is -1.59. The van der Waals surface area contributed by atoms with Crippen LogP contribution in [0.2, 0.25) is 0 Å². The zero-order valence-electron chi connectivity index (χ0n) is 11.7. The van der Waals surface area contributed by atoms with Crippen LogP contribution in [0.1, 0.15) is 35.2 Å². The Morgan fingerprint density at radius 1 is 1.24 bits per heavy atom. The molecule has 6 heteroatoms. The minimum absolute atomic E-state index is 0. The molecule has 0 aromatic heterocycles. The van der Waals surface area contributed by atoms with Crippen molar-refractivity contribution in [2.24, 2.45) is 5.73 Å². The number of hydrogen-bond donors (Lipinski definition) is 1. The third kappa shape index (κ3) is 3.04. The molecule has 1 amide bonds. The van der Waals surface area contributed by atoms with E-state index in [0.29, 0.717) is 19.5 Å². The SMILES string of the molecule is Cl.NC[C@H]1CN(c2ccc3c(c2)CCCCC3=O)C(=O)O1. The number of benzene rings is 1. The van der Waals surface area contributed by atoms with E-state index in [1.165, 1.54) is 0 Å². The predicted octanol–water partition coefficient (Wildman–Crippen LogP) is 2.30. The number of nitrogens with zero attached hydrogens (tertiary/aromatic N) is 1. The van der Waals surface area contributed by atoms with E-state index in [0.717, 1.165) is 36.1 Å². The number of ether oxygens (including phenoxy) is 1. The number of carbonyl (C=O) groups is 2. The molecule has 5 nitrogen and oxygen atoms in total. The highest BCUT2D eigenvalue weighted by molar-refractivity contribution is 5.99. The molecule has 114 valence electrons. The van der Waals surface area contributed by atoms with Crippen molar-refractivity contribution in [3.05, 3.63) is 29.3 Å². The minimum Gasteiger partial charge on any atom is -0.443 e. The van der Waals surface area contributed by atoms with Crippen molar-refractivity contribution in [1.29, 1.82) is 0 Å². The van der Waals surface area contributed by atoms with E-state index < -0.39 is 0 Å². The van der Waals surface area contributed by atoms with Gasteiger partial charge >= 0.3 is 6.09 Å². The summed E-state index contributed by atoms with van der Waals surface area (Å²) in [5, 5.41) is 0. The van der Waals surface area contributed by atoms with Gasteiger partial charge in [-0.15, -0.1) is 12.4 Å². The third-order valence-electron chi connectivity index (χ3n) is 3.94. The normalized spacial score (nSPS) is 21.4. The Labute approximate surface area is 129 Å². The number of anilines is 1. The molecule has 1 aliphatic heterocycles. The summed E-state index contributed by atoms with van der Waals surface area (Å²) in [5.41, 5.74) is 8.16. The van der Waals surface area contributed by atoms with E-state index >= 15 is 0 Å². The fraction of sp³-hybridized carbons (Fsp3) is 0.467. The summed E-state index contributed by atoms with van der Waals surface area (Å²) in [6, 6.07) is 5.60. The highest BCUT2D eigenvalue weighted by Crippen LogP contribution is 2.28. The van der Waals surface area contributed by atoms with E-state index in [9.17, 15) is 9.59 Å². The number of Topliss-reactive ketones (excluding diaryl/α,β-unsaturated/α-hetero) is 1. The molecule has 0 saturated carbocycles. The number of hydrogen-bond acceptors (Lipinski definition) is 4. The first kappa shape index (κ1) is 15.8. The van der Waals surface area contributed by atoms with Crippen molar-refractivity contribution in [2.75, 3.05) is 18.0 Å². The molecule has 1 fully saturated rings. The third-order valence-corrected chi connectivity index (χ3v) is 3.94. The lowest BCUT2D eigenvalue weighted by atomic mass is 10.0. The van der Waals surface area contributed by atoms with Crippen molar-refractivity contribution in [3.63, 3.8) is 0 Å². The maximum Gasteiger partial charge on any atom is 0.414 e. The summed E-state index contributed by atoms with van der Waals surface area (Å²) in [4.78, 5) is 25.4. The lowest BCUT2D eigenvalue weighted by Gasteiger charge is -2.15. The van der Waals surface area contributed by atoms with Gasteiger partial charge in [-0.05, 0) is 43.0 Å². The molecular weight excluding hydrogens is 292 g/mol. The van der Waals surface area contributed by atoms with Crippen LogP contribution in [0.15, 0.2) is 18.2 Å². The number of rotatable bonds is 2. The zero-order valence-corrected chi connectivity index (χ0v) is 12.5. The van der Waals surface area contributed by atoms with Crippen LogP contribution in [-0.4, -0.2) is 31.1 Å². The number of nitrogens with two attached hydrogens (primary N) is 1. The van der Waals surface area contributed by atoms with Crippen molar-refractivity contribution in [3.8, 4) is 0 Å². The van der Waals surface area contributed by atoms with Crippen LogP contribution in [0.5, 0.6) is 0 Å². The smallest absolute Gasteiger partial charge is 0.414 e. The van der Waals surface area contributed by atoms with Crippen LogP contribution >= 0.6 is 12.4 Å². The monoisotopic (exact) mass is 310 g/mol. The first-order chi connectivity index (χ1) is 9.69. The highest BCUT2D eigenvalue weighted by Gasteiger charge is 2.31. The number of cyclic esters (lactones) is 1. The Bertz CT molecular complexity index is 562. The molecule has 0 spiro atoms. The van der Waals surface area contributed by atoms with Gasteiger partial charge in [0, 0.05) is 24.2 Å². The van der Waals surface area contributed by atoms with Crippen LogP contribution in [0.25, 0.3) is 0 Å². The Morgan fingerprint density at radius 2 is 2.00 bits per heavy atom.